The van der Waals surface area contributed by atoms with E-state index in [9.17, 15) is 10.1 Å². The molecule has 0 saturated carbocycles. The first-order valence-corrected chi connectivity index (χ1v) is 10.1. The lowest BCUT2D eigenvalue weighted by atomic mass is 9.63. The van der Waals surface area contributed by atoms with Gasteiger partial charge in [-0.25, -0.2) is 0 Å². The number of nitrogens with zero attached hydrogens (tertiary/aromatic N) is 1. The lowest BCUT2D eigenvalue weighted by Crippen LogP contribution is -2.44. The predicted molar refractivity (Wildman–Crippen MR) is 114 cm³/mol. The van der Waals surface area contributed by atoms with Gasteiger partial charge in [0.1, 0.15) is 11.7 Å². The van der Waals surface area contributed by atoms with Gasteiger partial charge >= 0.3 is 0 Å². The molecule has 1 heterocycles. The summed E-state index contributed by atoms with van der Waals surface area (Å²) in [5.41, 5.74) is 0.789. The Morgan fingerprint density at radius 1 is 1.14 bits per heavy atom. The first-order valence-electron chi connectivity index (χ1n) is 9.35. The molecule has 3 nitrogen and oxygen atoms in total. The van der Waals surface area contributed by atoms with Crippen LogP contribution in [-0.2, 0) is 10.2 Å². The quantitative estimate of drug-likeness (QED) is 0.670. The van der Waals surface area contributed by atoms with E-state index in [0.717, 1.165) is 23.8 Å². The van der Waals surface area contributed by atoms with E-state index in [0.29, 0.717) is 10.0 Å². The van der Waals surface area contributed by atoms with Gasteiger partial charge < -0.3 is 10.1 Å². The van der Waals surface area contributed by atoms with E-state index in [2.05, 4.69) is 32.2 Å². The monoisotopic (exact) mass is 414 g/mol. The summed E-state index contributed by atoms with van der Waals surface area (Å²) < 4.78 is 0. The third-order valence-corrected chi connectivity index (χ3v) is 5.96. The van der Waals surface area contributed by atoms with Crippen molar-refractivity contribution >= 4 is 29.5 Å². The Labute approximate surface area is 176 Å². The molecule has 1 N–H and O–H groups in total. The number of hydrogen-bond donors (Lipinski definition) is 1. The summed E-state index contributed by atoms with van der Waals surface area (Å²) in [5, 5.41) is 15.2. The number of benzene rings is 2. The van der Waals surface area contributed by atoms with E-state index in [4.69, 9.17) is 23.2 Å². The Bertz CT molecular complexity index is 898. The van der Waals surface area contributed by atoms with Gasteiger partial charge in [0.15, 0.2) is 0 Å². The molecule has 5 heteroatoms. The van der Waals surface area contributed by atoms with Crippen LogP contribution in [0.3, 0.4) is 0 Å². The first-order chi connectivity index (χ1) is 13.2. The van der Waals surface area contributed by atoms with E-state index >= 15 is 0 Å². The van der Waals surface area contributed by atoms with E-state index < -0.39 is 11.5 Å². The highest BCUT2D eigenvalue weighted by Crippen LogP contribution is 2.50. The fraction of sp³-hybridized carbons (Fsp3) is 0.391. The smallest absolute Gasteiger partial charge is 0.137 e. The van der Waals surface area contributed by atoms with Crippen LogP contribution in [0.1, 0.15) is 44.2 Å². The van der Waals surface area contributed by atoms with Crippen molar-refractivity contribution in [2.45, 2.75) is 50.6 Å². The summed E-state index contributed by atoms with van der Waals surface area (Å²) in [7, 11) is 0. The number of nitriles is 1. The van der Waals surface area contributed by atoms with Crippen molar-refractivity contribution in [3.63, 3.8) is 0 Å². The minimum atomic E-state index is -0.922. The van der Waals surface area contributed by atoms with Crippen LogP contribution >= 0.6 is 23.2 Å². The Morgan fingerprint density at radius 2 is 1.82 bits per heavy atom. The van der Waals surface area contributed by atoms with Crippen LogP contribution < -0.4 is 5.32 Å². The van der Waals surface area contributed by atoms with Gasteiger partial charge in [0, 0.05) is 22.0 Å². The van der Waals surface area contributed by atoms with Gasteiger partial charge in [-0.05, 0) is 47.2 Å². The molecule has 2 aromatic rings. The van der Waals surface area contributed by atoms with Gasteiger partial charge in [0.05, 0.1) is 12.1 Å². The molecule has 0 radical (unpaired) electrons. The fourth-order valence-corrected chi connectivity index (χ4v) is 4.72. The maximum Gasteiger partial charge on any atom is 0.137 e. The van der Waals surface area contributed by atoms with Crippen LogP contribution in [0.25, 0.3) is 0 Å². The van der Waals surface area contributed by atoms with Crippen molar-refractivity contribution in [2.75, 3.05) is 0 Å². The summed E-state index contributed by atoms with van der Waals surface area (Å²) in [6.07, 6.45) is 1.65. The fourth-order valence-electron chi connectivity index (χ4n) is 4.40. The lowest BCUT2D eigenvalue weighted by Gasteiger charge is -2.37. The van der Waals surface area contributed by atoms with Crippen molar-refractivity contribution in [3.05, 3.63) is 69.7 Å². The molecule has 0 spiro atoms. The van der Waals surface area contributed by atoms with Crippen LogP contribution in [0.4, 0.5) is 0 Å². The highest BCUT2D eigenvalue weighted by Gasteiger charge is 2.57. The van der Waals surface area contributed by atoms with Gasteiger partial charge in [-0.15, -0.1) is 0 Å². The minimum absolute atomic E-state index is 0.0250. The summed E-state index contributed by atoms with van der Waals surface area (Å²) in [6.45, 7) is 6.42. The average Bonchev–Trinajstić information content (AvgIpc) is 2.94. The molecule has 1 aliphatic rings. The lowest BCUT2D eigenvalue weighted by molar-refractivity contribution is -0.109. The normalized spacial score (nSPS) is 27.4. The SMILES string of the molecule is CC(C)(C)CC1N[C@@H](C=O)[C@H](c2cccc(Cl)c2)[C@@]1(C#N)c1ccc(Cl)cc1. The second-order valence-electron chi connectivity index (χ2n) is 8.67. The zero-order valence-corrected chi connectivity index (χ0v) is 17.8. The number of carbonyl (C=O) groups is 1. The van der Waals surface area contributed by atoms with Crippen LogP contribution in [-0.4, -0.2) is 18.4 Å². The van der Waals surface area contributed by atoms with Gasteiger partial charge in [0.2, 0.25) is 0 Å². The average molecular weight is 415 g/mol. The summed E-state index contributed by atoms with van der Waals surface area (Å²) >= 11 is 12.4. The molecule has 3 rings (SSSR count). The van der Waals surface area contributed by atoms with Crippen LogP contribution in [0.2, 0.25) is 10.0 Å². The molecule has 0 bridgehead atoms. The molecule has 4 atom stereocenters. The molecule has 1 aliphatic heterocycles. The molecule has 0 aliphatic carbocycles. The van der Waals surface area contributed by atoms with Gasteiger partial charge in [-0.2, -0.15) is 5.26 Å². The van der Waals surface area contributed by atoms with Crippen molar-refractivity contribution < 1.29 is 4.79 Å². The molecule has 28 heavy (non-hydrogen) atoms. The number of carbonyl (C=O) groups excluding carboxylic acids is 1. The van der Waals surface area contributed by atoms with Gasteiger partial charge in [-0.1, -0.05) is 68.2 Å². The number of halogens is 2. The van der Waals surface area contributed by atoms with Crippen molar-refractivity contribution in [1.82, 2.24) is 5.32 Å². The largest absolute Gasteiger partial charge is 0.302 e. The van der Waals surface area contributed by atoms with E-state index in [1.54, 1.807) is 18.2 Å². The van der Waals surface area contributed by atoms with E-state index in [1.807, 2.05) is 30.3 Å². The maximum absolute atomic E-state index is 12.1. The summed E-state index contributed by atoms with van der Waals surface area (Å²) in [6, 6.07) is 16.8. The zero-order valence-electron chi connectivity index (χ0n) is 16.2. The molecule has 1 saturated heterocycles. The van der Waals surface area contributed by atoms with Crippen molar-refractivity contribution in [3.8, 4) is 6.07 Å². The topological polar surface area (TPSA) is 52.9 Å². The molecule has 146 valence electrons. The molecule has 1 unspecified atom stereocenters. The molecule has 2 aromatic carbocycles. The standard InChI is InChI=1S/C23H24Cl2N2O/c1-22(2,3)12-20-23(14-26,16-7-9-17(24)10-8-16)21(19(13-28)27-20)15-5-4-6-18(25)11-15/h4-11,13,19-21,27H,12H2,1-3H3/t19-,20?,21-,23-/m0/s1. The molecule has 1 fully saturated rings. The number of nitrogens with one attached hydrogen (secondary N) is 1. The molecular formula is C23H24Cl2N2O. The summed E-state index contributed by atoms with van der Waals surface area (Å²) in [5.74, 6) is -0.359. The minimum Gasteiger partial charge on any atom is -0.302 e. The van der Waals surface area contributed by atoms with Crippen molar-refractivity contribution in [1.29, 1.82) is 5.26 Å². The van der Waals surface area contributed by atoms with E-state index in [1.165, 1.54) is 0 Å². The number of aldehydes is 1. The third-order valence-electron chi connectivity index (χ3n) is 5.47. The maximum atomic E-state index is 12.1. The Morgan fingerprint density at radius 3 is 2.36 bits per heavy atom. The highest BCUT2D eigenvalue weighted by atomic mass is 35.5. The Balaban J connectivity index is 2.25. The third kappa shape index (κ3) is 3.82. The Hall–Kier alpha value is -1.86. The molecular weight excluding hydrogens is 391 g/mol. The van der Waals surface area contributed by atoms with Gasteiger partial charge in [0.25, 0.3) is 0 Å². The van der Waals surface area contributed by atoms with Gasteiger partial charge in [-0.3, -0.25) is 0 Å². The zero-order chi connectivity index (χ0) is 20.5. The Kier molecular flexibility index (Phi) is 5.87. The van der Waals surface area contributed by atoms with Crippen LogP contribution in [0.15, 0.2) is 48.5 Å². The highest BCUT2D eigenvalue weighted by molar-refractivity contribution is 6.30. The van der Waals surface area contributed by atoms with E-state index in [-0.39, 0.29) is 17.4 Å². The number of rotatable bonds is 4. The van der Waals surface area contributed by atoms with Crippen molar-refractivity contribution in [2.24, 2.45) is 5.41 Å². The molecule has 0 amide bonds. The second-order valence-corrected chi connectivity index (χ2v) is 9.54. The van der Waals surface area contributed by atoms with Crippen LogP contribution in [0.5, 0.6) is 0 Å². The molecule has 0 aromatic heterocycles. The number of hydrogen-bond acceptors (Lipinski definition) is 3. The summed E-state index contributed by atoms with van der Waals surface area (Å²) in [4.78, 5) is 12.1. The van der Waals surface area contributed by atoms with Crippen LogP contribution in [0, 0.1) is 16.7 Å². The first kappa shape index (κ1) is 20.9. The second kappa shape index (κ2) is 7.87. The predicted octanol–water partition coefficient (Wildman–Crippen LogP) is 5.51.